The molecular formula is C20H12F8N2O2. The Hall–Kier alpha value is -3.70. The highest BCUT2D eigenvalue weighted by atomic mass is 19.4. The SMILES string of the molecule is Nc1cc(F)cc(Oc2cc(Oc3cc(N)cc(F)c3)c(C(F)(F)F)c(C(F)(F)F)c2)c1. The van der Waals surface area contributed by atoms with E-state index in [1.807, 2.05) is 0 Å². The Labute approximate surface area is 175 Å². The third-order valence-corrected chi connectivity index (χ3v) is 3.92. The van der Waals surface area contributed by atoms with Gasteiger partial charge in [0.15, 0.2) is 0 Å². The lowest BCUT2D eigenvalue weighted by Gasteiger charge is -2.21. The zero-order valence-electron chi connectivity index (χ0n) is 15.6. The molecule has 3 aromatic rings. The van der Waals surface area contributed by atoms with Crippen LogP contribution in [-0.2, 0) is 12.4 Å². The molecule has 0 fully saturated rings. The summed E-state index contributed by atoms with van der Waals surface area (Å²) in [6.45, 7) is 0. The fraction of sp³-hybridized carbons (Fsp3) is 0.100. The zero-order valence-corrected chi connectivity index (χ0v) is 15.6. The third kappa shape index (κ3) is 5.31. The maximum Gasteiger partial charge on any atom is 0.420 e. The summed E-state index contributed by atoms with van der Waals surface area (Å²) in [5, 5.41) is 0. The van der Waals surface area contributed by atoms with Gasteiger partial charge in [0, 0.05) is 41.7 Å². The molecule has 0 atom stereocenters. The summed E-state index contributed by atoms with van der Waals surface area (Å²) in [5.74, 6) is -4.96. The molecule has 0 radical (unpaired) electrons. The van der Waals surface area contributed by atoms with Crippen LogP contribution in [0.2, 0.25) is 0 Å². The normalized spacial score (nSPS) is 12.0. The first-order valence-corrected chi connectivity index (χ1v) is 8.52. The van der Waals surface area contributed by atoms with Crippen molar-refractivity contribution in [1.82, 2.24) is 0 Å². The maximum absolute atomic E-state index is 13.6. The number of ether oxygens (including phenoxy) is 2. The van der Waals surface area contributed by atoms with E-state index < -0.39 is 52.4 Å². The van der Waals surface area contributed by atoms with Crippen LogP contribution >= 0.6 is 0 Å². The van der Waals surface area contributed by atoms with Crippen LogP contribution in [0.3, 0.4) is 0 Å². The first kappa shape index (κ1) is 23.0. The Morgan fingerprint density at radius 2 is 1.03 bits per heavy atom. The fourth-order valence-electron chi connectivity index (χ4n) is 2.80. The molecule has 4 N–H and O–H groups in total. The number of nitrogen functional groups attached to an aromatic ring is 2. The fourth-order valence-corrected chi connectivity index (χ4v) is 2.80. The van der Waals surface area contributed by atoms with Gasteiger partial charge in [-0.2, -0.15) is 26.3 Å². The van der Waals surface area contributed by atoms with Gasteiger partial charge < -0.3 is 20.9 Å². The lowest BCUT2D eigenvalue weighted by Crippen LogP contribution is -2.18. The number of hydrogen-bond acceptors (Lipinski definition) is 4. The molecule has 0 saturated carbocycles. The van der Waals surface area contributed by atoms with Gasteiger partial charge in [0.2, 0.25) is 0 Å². The van der Waals surface area contributed by atoms with E-state index in [1.165, 1.54) is 0 Å². The van der Waals surface area contributed by atoms with Gasteiger partial charge in [-0.15, -0.1) is 0 Å². The van der Waals surface area contributed by atoms with Crippen LogP contribution in [0.25, 0.3) is 0 Å². The Bertz CT molecular complexity index is 1120. The van der Waals surface area contributed by atoms with E-state index >= 15 is 0 Å². The molecular weight excluding hydrogens is 452 g/mol. The summed E-state index contributed by atoms with van der Waals surface area (Å²) in [7, 11) is 0. The van der Waals surface area contributed by atoms with Crippen molar-refractivity contribution in [3.8, 4) is 23.0 Å². The van der Waals surface area contributed by atoms with Gasteiger partial charge in [0.05, 0.1) is 5.56 Å². The average Bonchev–Trinajstić information content (AvgIpc) is 2.57. The Morgan fingerprint density at radius 1 is 0.562 bits per heavy atom. The number of halogens is 8. The van der Waals surface area contributed by atoms with E-state index in [0.717, 1.165) is 30.3 Å². The average molecular weight is 464 g/mol. The van der Waals surface area contributed by atoms with Gasteiger partial charge in [0.25, 0.3) is 0 Å². The predicted molar refractivity (Wildman–Crippen MR) is 98.2 cm³/mol. The van der Waals surface area contributed by atoms with Crippen LogP contribution in [0.15, 0.2) is 48.5 Å². The highest BCUT2D eigenvalue weighted by molar-refractivity contribution is 5.54. The predicted octanol–water partition coefficient (Wildman–Crippen LogP) is 6.75. The number of rotatable bonds is 4. The van der Waals surface area contributed by atoms with Gasteiger partial charge in [-0.1, -0.05) is 0 Å². The quantitative estimate of drug-likeness (QED) is 0.331. The molecule has 0 amide bonds. The van der Waals surface area contributed by atoms with Crippen LogP contribution in [-0.4, -0.2) is 0 Å². The molecule has 12 heteroatoms. The third-order valence-electron chi connectivity index (χ3n) is 3.92. The van der Waals surface area contributed by atoms with E-state index in [2.05, 4.69) is 0 Å². The number of benzene rings is 3. The summed E-state index contributed by atoms with van der Waals surface area (Å²) in [6.07, 6.45) is -11.0. The van der Waals surface area contributed by atoms with Crippen LogP contribution in [0.5, 0.6) is 23.0 Å². The van der Waals surface area contributed by atoms with E-state index in [1.54, 1.807) is 0 Å². The van der Waals surface area contributed by atoms with E-state index in [0.29, 0.717) is 12.1 Å². The second kappa shape index (κ2) is 8.09. The van der Waals surface area contributed by atoms with E-state index in [4.69, 9.17) is 20.9 Å². The second-order valence-electron chi connectivity index (χ2n) is 6.48. The van der Waals surface area contributed by atoms with Crippen molar-refractivity contribution in [2.24, 2.45) is 0 Å². The van der Waals surface area contributed by atoms with Gasteiger partial charge in [-0.05, 0) is 18.2 Å². The molecule has 0 saturated heterocycles. The first-order valence-electron chi connectivity index (χ1n) is 8.52. The molecule has 0 aromatic heterocycles. The van der Waals surface area contributed by atoms with Crippen LogP contribution < -0.4 is 20.9 Å². The number of alkyl halides is 6. The van der Waals surface area contributed by atoms with Crippen LogP contribution in [0.1, 0.15) is 11.1 Å². The summed E-state index contributed by atoms with van der Waals surface area (Å²) < 4.78 is 118. The van der Waals surface area contributed by atoms with Gasteiger partial charge >= 0.3 is 12.4 Å². The highest BCUT2D eigenvalue weighted by Gasteiger charge is 2.46. The zero-order chi connectivity index (χ0) is 23.8. The number of anilines is 2. The summed E-state index contributed by atoms with van der Waals surface area (Å²) in [6, 6.07) is 5.64. The molecule has 0 aliphatic carbocycles. The lowest BCUT2D eigenvalue weighted by molar-refractivity contribution is -0.162. The van der Waals surface area contributed by atoms with Crippen molar-refractivity contribution in [3.63, 3.8) is 0 Å². The van der Waals surface area contributed by atoms with Crippen molar-refractivity contribution >= 4 is 11.4 Å². The minimum atomic E-state index is -5.51. The van der Waals surface area contributed by atoms with Crippen LogP contribution in [0, 0.1) is 11.6 Å². The standard InChI is InChI=1S/C20H12F8N2O2/c21-9-1-11(29)5-13(3-9)31-15-7-16(19(23,24)25)18(20(26,27)28)17(8-15)32-14-4-10(22)2-12(30)6-14/h1-8H,29-30H2. The second-order valence-corrected chi connectivity index (χ2v) is 6.48. The van der Waals surface area contributed by atoms with Crippen molar-refractivity contribution in [3.05, 3.63) is 71.3 Å². The van der Waals surface area contributed by atoms with E-state index in [-0.39, 0.29) is 23.2 Å². The smallest absolute Gasteiger partial charge is 0.420 e. The van der Waals surface area contributed by atoms with Crippen LogP contribution in [0.4, 0.5) is 46.5 Å². The summed E-state index contributed by atoms with van der Waals surface area (Å²) in [5.41, 5.74) is 6.15. The molecule has 0 heterocycles. The molecule has 3 aromatic carbocycles. The minimum absolute atomic E-state index is 0.0801. The monoisotopic (exact) mass is 464 g/mol. The minimum Gasteiger partial charge on any atom is -0.457 e. The molecule has 0 aliphatic rings. The Morgan fingerprint density at radius 3 is 1.47 bits per heavy atom. The number of nitrogens with two attached hydrogens (primary N) is 2. The topological polar surface area (TPSA) is 70.5 Å². The molecule has 170 valence electrons. The molecule has 0 aliphatic heterocycles. The van der Waals surface area contributed by atoms with Crippen molar-refractivity contribution in [2.75, 3.05) is 11.5 Å². The Balaban J connectivity index is 2.20. The molecule has 0 spiro atoms. The first-order chi connectivity index (χ1) is 14.7. The lowest BCUT2D eigenvalue weighted by atomic mass is 10.0. The molecule has 32 heavy (non-hydrogen) atoms. The highest BCUT2D eigenvalue weighted by Crippen LogP contribution is 2.48. The van der Waals surface area contributed by atoms with E-state index in [9.17, 15) is 35.1 Å². The summed E-state index contributed by atoms with van der Waals surface area (Å²) in [4.78, 5) is 0. The number of hydrogen-bond donors (Lipinski definition) is 2. The Kier molecular flexibility index (Phi) is 5.81. The van der Waals surface area contributed by atoms with Gasteiger partial charge in [-0.25, -0.2) is 8.78 Å². The van der Waals surface area contributed by atoms with Crippen molar-refractivity contribution < 1.29 is 44.6 Å². The van der Waals surface area contributed by atoms with Gasteiger partial charge in [0.1, 0.15) is 40.2 Å². The molecule has 4 nitrogen and oxygen atoms in total. The summed E-state index contributed by atoms with van der Waals surface area (Å²) >= 11 is 0. The molecule has 0 unspecified atom stereocenters. The maximum atomic E-state index is 13.6. The van der Waals surface area contributed by atoms with Gasteiger partial charge in [-0.3, -0.25) is 0 Å². The molecule has 3 rings (SSSR count). The largest absolute Gasteiger partial charge is 0.457 e. The molecule has 0 bridgehead atoms. The van der Waals surface area contributed by atoms with Crippen molar-refractivity contribution in [2.45, 2.75) is 12.4 Å². The van der Waals surface area contributed by atoms with Crippen molar-refractivity contribution in [1.29, 1.82) is 0 Å².